The Kier molecular flexibility index (Phi) is 29.7. The quantitative estimate of drug-likeness (QED) is 0.0322. The van der Waals surface area contributed by atoms with Gasteiger partial charge >= 0.3 is 17.9 Å². The number of hydrogen-bond acceptors (Lipinski definition) is 6. The minimum absolute atomic E-state index is 0.0553. The number of nitrogens with zero attached hydrogens (tertiary/aromatic N) is 1. The highest BCUT2D eigenvalue weighted by molar-refractivity contribution is 5.72. The fourth-order valence-electron chi connectivity index (χ4n) is 5.42. The van der Waals surface area contributed by atoms with Crippen molar-refractivity contribution in [3.8, 4) is 0 Å². The molecule has 0 aromatic heterocycles. The lowest BCUT2D eigenvalue weighted by molar-refractivity contribution is -0.887. The molecule has 0 saturated heterocycles. The smallest absolute Gasteiger partial charge is 0.362 e. The zero-order valence-corrected chi connectivity index (χ0v) is 31.0. The summed E-state index contributed by atoms with van der Waals surface area (Å²) >= 11 is 0. The van der Waals surface area contributed by atoms with E-state index in [9.17, 15) is 19.5 Å². The molecule has 0 radical (unpaired) electrons. The van der Waals surface area contributed by atoms with E-state index in [-0.39, 0.29) is 36.2 Å². The van der Waals surface area contributed by atoms with Gasteiger partial charge < -0.3 is 23.8 Å². The van der Waals surface area contributed by atoms with Crippen LogP contribution in [0.5, 0.6) is 0 Å². The zero-order chi connectivity index (χ0) is 35.0. The molecule has 0 aromatic carbocycles. The molecule has 0 rings (SSSR count). The van der Waals surface area contributed by atoms with Crippen molar-refractivity contribution in [1.29, 1.82) is 0 Å². The van der Waals surface area contributed by atoms with Crippen LogP contribution in [0.2, 0.25) is 0 Å². The summed E-state index contributed by atoms with van der Waals surface area (Å²) in [5.41, 5.74) is 0. The van der Waals surface area contributed by atoms with Crippen LogP contribution in [0.1, 0.15) is 155 Å². The summed E-state index contributed by atoms with van der Waals surface area (Å²) in [6.45, 7) is 4.59. The van der Waals surface area contributed by atoms with Crippen molar-refractivity contribution in [2.24, 2.45) is 0 Å². The molecule has 0 aliphatic carbocycles. The number of hydrogen-bond donors (Lipinski definition) is 1. The Labute approximate surface area is 288 Å². The Morgan fingerprint density at radius 1 is 0.660 bits per heavy atom. The highest BCUT2D eigenvalue weighted by Crippen LogP contribution is 2.14. The molecule has 0 aromatic rings. The maximum atomic E-state index is 12.6. The van der Waals surface area contributed by atoms with Gasteiger partial charge in [-0.3, -0.25) is 9.59 Å². The molecule has 1 N–H and O–H groups in total. The van der Waals surface area contributed by atoms with Crippen molar-refractivity contribution in [3.05, 3.63) is 24.3 Å². The normalized spacial score (nSPS) is 13.3. The number of unbranched alkanes of at least 4 members (excludes halogenated alkanes) is 15. The molecule has 0 fully saturated rings. The molecule has 274 valence electrons. The fourth-order valence-corrected chi connectivity index (χ4v) is 5.42. The molecule has 8 nitrogen and oxygen atoms in total. The Morgan fingerprint density at radius 3 is 1.74 bits per heavy atom. The van der Waals surface area contributed by atoms with E-state index >= 15 is 0 Å². The van der Waals surface area contributed by atoms with E-state index in [2.05, 4.69) is 38.2 Å². The van der Waals surface area contributed by atoms with Gasteiger partial charge in [0.2, 0.25) is 0 Å². The second-order valence-electron chi connectivity index (χ2n) is 13.8. The molecule has 47 heavy (non-hydrogen) atoms. The molecule has 2 atom stereocenters. The molecular formula is C39H72NO7+. The predicted octanol–water partition coefficient (Wildman–Crippen LogP) is 9.35. The lowest BCUT2D eigenvalue weighted by Crippen LogP contribution is -2.50. The highest BCUT2D eigenvalue weighted by Gasteiger charge is 2.31. The van der Waals surface area contributed by atoms with Gasteiger partial charge in [0.1, 0.15) is 6.61 Å². The Hall–Kier alpha value is -2.19. The van der Waals surface area contributed by atoms with Crippen LogP contribution in [0.15, 0.2) is 24.3 Å². The van der Waals surface area contributed by atoms with Gasteiger partial charge in [-0.05, 0) is 38.5 Å². The van der Waals surface area contributed by atoms with E-state index in [1.807, 2.05) is 21.1 Å². The van der Waals surface area contributed by atoms with Gasteiger partial charge in [-0.25, -0.2) is 4.79 Å². The summed E-state index contributed by atoms with van der Waals surface area (Å²) < 4.78 is 17.2. The highest BCUT2D eigenvalue weighted by atomic mass is 16.6. The van der Waals surface area contributed by atoms with Crippen LogP contribution in [0, 0.1) is 0 Å². The number of rotatable bonds is 33. The maximum absolute atomic E-state index is 12.6. The fraction of sp³-hybridized carbons (Fsp3) is 0.821. The van der Waals surface area contributed by atoms with Gasteiger partial charge in [-0.1, -0.05) is 122 Å². The van der Waals surface area contributed by atoms with Crippen molar-refractivity contribution in [3.63, 3.8) is 0 Å². The van der Waals surface area contributed by atoms with Crippen molar-refractivity contribution >= 4 is 17.9 Å². The van der Waals surface area contributed by atoms with Gasteiger partial charge in [-0.15, -0.1) is 0 Å². The number of esters is 2. The van der Waals surface area contributed by atoms with Crippen LogP contribution in [-0.2, 0) is 28.6 Å². The molecule has 2 unspecified atom stereocenters. The number of carboxylic acids is 1. The second-order valence-corrected chi connectivity index (χ2v) is 13.8. The third-order valence-corrected chi connectivity index (χ3v) is 8.37. The topological polar surface area (TPSA) is 99.1 Å². The SMILES string of the molecule is CC/C=C/C/C=C/CCCCCCCC(=O)OCC(COCCC(C(=O)O)[N+](C)(C)C)OC(=O)CCCCCCCCCCCCC. The predicted molar refractivity (Wildman–Crippen MR) is 192 cm³/mol. The zero-order valence-electron chi connectivity index (χ0n) is 31.0. The monoisotopic (exact) mass is 667 g/mol. The molecular weight excluding hydrogens is 594 g/mol. The number of quaternary nitrogens is 1. The van der Waals surface area contributed by atoms with Gasteiger partial charge in [0, 0.05) is 19.3 Å². The van der Waals surface area contributed by atoms with E-state index in [0.29, 0.717) is 19.3 Å². The minimum Gasteiger partial charge on any atom is -0.477 e. The molecule has 0 saturated carbocycles. The van der Waals surface area contributed by atoms with Crippen LogP contribution < -0.4 is 0 Å². The third-order valence-electron chi connectivity index (χ3n) is 8.37. The first-order valence-electron chi connectivity index (χ1n) is 18.9. The number of carbonyl (C=O) groups is 3. The molecule has 0 amide bonds. The molecule has 0 spiro atoms. The van der Waals surface area contributed by atoms with Gasteiger partial charge in [-0.2, -0.15) is 0 Å². The Morgan fingerprint density at radius 2 is 1.19 bits per heavy atom. The van der Waals surface area contributed by atoms with E-state index < -0.39 is 18.1 Å². The van der Waals surface area contributed by atoms with Crippen LogP contribution in [0.25, 0.3) is 0 Å². The van der Waals surface area contributed by atoms with Crippen LogP contribution in [0.4, 0.5) is 0 Å². The summed E-state index contributed by atoms with van der Waals surface area (Å²) in [6.07, 6.45) is 30.7. The summed E-state index contributed by atoms with van der Waals surface area (Å²) in [4.78, 5) is 36.7. The van der Waals surface area contributed by atoms with Crippen molar-refractivity contribution < 1.29 is 38.2 Å². The van der Waals surface area contributed by atoms with Crippen LogP contribution in [-0.4, -0.2) is 80.6 Å². The molecule has 0 heterocycles. The van der Waals surface area contributed by atoms with Gasteiger partial charge in [0.15, 0.2) is 12.1 Å². The largest absolute Gasteiger partial charge is 0.477 e. The molecule has 8 heteroatoms. The van der Waals surface area contributed by atoms with Crippen LogP contribution >= 0.6 is 0 Å². The first-order valence-corrected chi connectivity index (χ1v) is 18.9. The maximum Gasteiger partial charge on any atom is 0.362 e. The lowest BCUT2D eigenvalue weighted by Gasteiger charge is -2.31. The Balaban J connectivity index is 4.44. The summed E-state index contributed by atoms with van der Waals surface area (Å²) in [6, 6.07) is -0.612. The number of carbonyl (C=O) groups excluding carboxylic acids is 2. The number of ether oxygens (including phenoxy) is 3. The van der Waals surface area contributed by atoms with Crippen molar-refractivity contribution in [1.82, 2.24) is 0 Å². The van der Waals surface area contributed by atoms with E-state index in [4.69, 9.17) is 14.2 Å². The number of allylic oxidation sites excluding steroid dienone is 4. The average molecular weight is 667 g/mol. The van der Waals surface area contributed by atoms with Crippen LogP contribution in [0.3, 0.4) is 0 Å². The standard InChI is InChI=1S/C39H71NO7/c1-6-8-10-12-14-16-18-20-21-23-25-27-29-37(41)46-34-35(33-45-32-31-36(39(43)44)40(3,4)5)47-38(42)30-28-26-24-22-19-17-15-13-11-9-7-2/h8,10,14,16,35-36H,6-7,9,11-13,15,17-34H2,1-5H3/p+1/b10-8+,16-14+. The lowest BCUT2D eigenvalue weighted by atomic mass is 10.1. The summed E-state index contributed by atoms with van der Waals surface area (Å²) in [5, 5.41) is 9.57. The number of carboxylic acid groups (broad SMARTS) is 1. The second kappa shape index (κ2) is 31.1. The van der Waals surface area contributed by atoms with E-state index in [1.165, 1.54) is 51.4 Å². The Bertz CT molecular complexity index is 834. The van der Waals surface area contributed by atoms with Crippen molar-refractivity contribution in [2.45, 2.75) is 167 Å². The van der Waals surface area contributed by atoms with E-state index in [0.717, 1.165) is 70.6 Å². The number of likely N-dealkylation sites (N-methyl/N-ethyl adjacent to an activating group) is 1. The third kappa shape index (κ3) is 29.7. The molecule has 0 bridgehead atoms. The first kappa shape index (κ1) is 44.8. The van der Waals surface area contributed by atoms with E-state index in [1.54, 1.807) is 0 Å². The summed E-state index contributed by atoms with van der Waals surface area (Å²) in [5.74, 6) is -1.49. The number of aliphatic carboxylic acids is 1. The molecule has 0 aliphatic heterocycles. The van der Waals surface area contributed by atoms with Crippen molar-refractivity contribution in [2.75, 3.05) is 41.0 Å². The van der Waals surface area contributed by atoms with Gasteiger partial charge in [0.25, 0.3) is 0 Å². The molecule has 0 aliphatic rings. The van der Waals surface area contributed by atoms with Gasteiger partial charge in [0.05, 0.1) is 34.4 Å². The summed E-state index contributed by atoms with van der Waals surface area (Å²) in [7, 11) is 5.51. The average Bonchev–Trinajstić information content (AvgIpc) is 3.01. The first-order chi connectivity index (χ1) is 22.6. The minimum atomic E-state index is -0.878.